The first-order valence-corrected chi connectivity index (χ1v) is 7.47. The molecule has 0 spiro atoms. The Morgan fingerprint density at radius 2 is 2.29 bits per heavy atom. The molecule has 2 rings (SSSR count). The summed E-state index contributed by atoms with van der Waals surface area (Å²) in [4.78, 5) is 15.2. The van der Waals surface area contributed by atoms with Crippen LogP contribution in [0.3, 0.4) is 0 Å². The molecule has 114 valence electrons. The summed E-state index contributed by atoms with van der Waals surface area (Å²) in [7, 11) is 4.13. The molecule has 1 atom stereocenters. The molecule has 1 heterocycles. The minimum Gasteiger partial charge on any atom is -0.478 e. The standard InChI is InChI=1S/C16H21ClN2O2/c1-18(2)11-13-6-4-10-19(13)16-12(8-9-15(20)21)5-3-7-14(16)17/h3,5,7-9,13H,4,6,10-11H2,1-2H3,(H,20,21)/b9-8+. The predicted molar refractivity (Wildman–Crippen MR) is 87.0 cm³/mol. The summed E-state index contributed by atoms with van der Waals surface area (Å²) in [6.07, 6.45) is 5.04. The second-order valence-electron chi connectivity index (χ2n) is 5.60. The number of hydrogen-bond acceptors (Lipinski definition) is 3. The van der Waals surface area contributed by atoms with Crippen molar-refractivity contribution in [3.63, 3.8) is 0 Å². The Labute approximate surface area is 130 Å². The molecule has 0 aliphatic carbocycles. The number of para-hydroxylation sites is 1. The van der Waals surface area contributed by atoms with Gasteiger partial charge in [-0.25, -0.2) is 4.79 Å². The predicted octanol–water partition coefficient (Wildman–Crippen LogP) is 2.97. The summed E-state index contributed by atoms with van der Waals surface area (Å²) in [6.45, 7) is 1.92. The van der Waals surface area contributed by atoms with Crippen LogP contribution in [-0.4, -0.2) is 49.2 Å². The van der Waals surface area contributed by atoms with E-state index in [9.17, 15) is 4.79 Å². The van der Waals surface area contributed by atoms with E-state index in [4.69, 9.17) is 16.7 Å². The normalized spacial score (nSPS) is 18.9. The van der Waals surface area contributed by atoms with Gasteiger partial charge < -0.3 is 14.9 Å². The molecular weight excluding hydrogens is 288 g/mol. The van der Waals surface area contributed by atoms with E-state index in [1.807, 2.05) is 18.2 Å². The summed E-state index contributed by atoms with van der Waals surface area (Å²) in [5, 5.41) is 9.51. The van der Waals surface area contributed by atoms with Gasteiger partial charge in [0.05, 0.1) is 10.7 Å². The molecule has 0 saturated carbocycles. The Bertz CT molecular complexity index is 543. The zero-order chi connectivity index (χ0) is 15.4. The van der Waals surface area contributed by atoms with Gasteiger partial charge in [0, 0.05) is 25.2 Å². The smallest absolute Gasteiger partial charge is 0.328 e. The Kier molecular flexibility index (Phi) is 5.26. The average Bonchev–Trinajstić information content (AvgIpc) is 2.83. The molecular formula is C16H21ClN2O2. The molecule has 1 aromatic carbocycles. The zero-order valence-corrected chi connectivity index (χ0v) is 13.2. The Morgan fingerprint density at radius 3 is 2.95 bits per heavy atom. The van der Waals surface area contributed by atoms with Crippen molar-refractivity contribution >= 4 is 29.3 Å². The second kappa shape index (κ2) is 6.96. The van der Waals surface area contributed by atoms with Crippen molar-refractivity contribution in [2.24, 2.45) is 0 Å². The topological polar surface area (TPSA) is 43.8 Å². The van der Waals surface area contributed by atoms with Crippen molar-refractivity contribution in [1.82, 2.24) is 4.90 Å². The molecule has 0 bridgehead atoms. The number of carboxylic acids is 1. The maximum Gasteiger partial charge on any atom is 0.328 e. The van der Waals surface area contributed by atoms with Crippen LogP contribution in [0, 0.1) is 0 Å². The van der Waals surface area contributed by atoms with Gasteiger partial charge in [-0.1, -0.05) is 23.7 Å². The summed E-state index contributed by atoms with van der Waals surface area (Å²) in [5.74, 6) is -0.952. The lowest BCUT2D eigenvalue weighted by Crippen LogP contribution is -2.38. The molecule has 1 aliphatic rings. The van der Waals surface area contributed by atoms with Crippen LogP contribution in [0.25, 0.3) is 6.08 Å². The number of hydrogen-bond donors (Lipinski definition) is 1. The van der Waals surface area contributed by atoms with Crippen molar-refractivity contribution in [3.05, 3.63) is 34.9 Å². The molecule has 1 unspecified atom stereocenters. The fraction of sp³-hybridized carbons (Fsp3) is 0.438. The number of likely N-dealkylation sites (N-methyl/N-ethyl adjacent to an activating group) is 1. The minimum atomic E-state index is -0.952. The number of rotatable bonds is 5. The maximum absolute atomic E-state index is 10.8. The van der Waals surface area contributed by atoms with Gasteiger partial charge in [-0.15, -0.1) is 0 Å². The lowest BCUT2D eigenvalue weighted by Gasteiger charge is -2.31. The molecule has 0 amide bonds. The molecule has 1 fully saturated rings. The van der Waals surface area contributed by atoms with Crippen molar-refractivity contribution in [2.45, 2.75) is 18.9 Å². The third-order valence-corrected chi connectivity index (χ3v) is 3.97. The fourth-order valence-corrected chi connectivity index (χ4v) is 3.16. The first-order chi connectivity index (χ1) is 9.99. The molecule has 1 saturated heterocycles. The monoisotopic (exact) mass is 308 g/mol. The third kappa shape index (κ3) is 3.99. The van der Waals surface area contributed by atoms with Crippen molar-refractivity contribution in [1.29, 1.82) is 0 Å². The van der Waals surface area contributed by atoms with Crippen LogP contribution in [-0.2, 0) is 4.79 Å². The summed E-state index contributed by atoms with van der Waals surface area (Å²) in [5.41, 5.74) is 1.80. The van der Waals surface area contributed by atoms with Crippen molar-refractivity contribution in [2.75, 3.05) is 32.1 Å². The van der Waals surface area contributed by atoms with Gasteiger partial charge in [0.2, 0.25) is 0 Å². The van der Waals surface area contributed by atoms with E-state index < -0.39 is 5.97 Å². The SMILES string of the molecule is CN(C)CC1CCCN1c1c(Cl)cccc1/C=C/C(=O)O. The van der Waals surface area contributed by atoms with Gasteiger partial charge in [-0.05, 0) is 44.6 Å². The number of nitrogens with zero attached hydrogens (tertiary/aromatic N) is 2. The lowest BCUT2D eigenvalue weighted by molar-refractivity contribution is -0.131. The summed E-state index contributed by atoms with van der Waals surface area (Å²) in [6, 6.07) is 6.03. The highest BCUT2D eigenvalue weighted by Crippen LogP contribution is 2.35. The van der Waals surface area contributed by atoms with E-state index in [0.717, 1.165) is 43.3 Å². The largest absolute Gasteiger partial charge is 0.478 e. The van der Waals surface area contributed by atoms with Crippen LogP contribution in [0.1, 0.15) is 18.4 Å². The Hall–Kier alpha value is -1.52. The van der Waals surface area contributed by atoms with E-state index in [1.54, 1.807) is 6.08 Å². The number of aliphatic carboxylic acids is 1. The molecule has 1 aromatic rings. The molecule has 1 N–H and O–H groups in total. The molecule has 1 aliphatic heterocycles. The second-order valence-corrected chi connectivity index (χ2v) is 6.01. The van der Waals surface area contributed by atoms with E-state index in [0.29, 0.717) is 11.1 Å². The number of halogens is 1. The van der Waals surface area contributed by atoms with Crippen LogP contribution >= 0.6 is 11.6 Å². The summed E-state index contributed by atoms with van der Waals surface area (Å²) >= 11 is 6.39. The first-order valence-electron chi connectivity index (χ1n) is 7.10. The number of anilines is 1. The van der Waals surface area contributed by atoms with Gasteiger partial charge >= 0.3 is 5.97 Å². The minimum absolute atomic E-state index is 0.414. The van der Waals surface area contributed by atoms with Gasteiger partial charge in [-0.2, -0.15) is 0 Å². The van der Waals surface area contributed by atoms with E-state index in [2.05, 4.69) is 23.9 Å². The Balaban J connectivity index is 2.35. The van der Waals surface area contributed by atoms with Crippen LogP contribution in [0.4, 0.5) is 5.69 Å². The number of carboxylic acid groups (broad SMARTS) is 1. The third-order valence-electron chi connectivity index (χ3n) is 3.66. The summed E-state index contributed by atoms with van der Waals surface area (Å²) < 4.78 is 0. The average molecular weight is 309 g/mol. The zero-order valence-electron chi connectivity index (χ0n) is 12.4. The quantitative estimate of drug-likeness (QED) is 0.849. The maximum atomic E-state index is 10.8. The van der Waals surface area contributed by atoms with E-state index >= 15 is 0 Å². The van der Waals surface area contributed by atoms with E-state index in [1.165, 1.54) is 0 Å². The van der Waals surface area contributed by atoms with Gasteiger partial charge in [0.25, 0.3) is 0 Å². The van der Waals surface area contributed by atoms with Crippen LogP contribution in [0.2, 0.25) is 5.02 Å². The van der Waals surface area contributed by atoms with Gasteiger partial charge in [-0.3, -0.25) is 0 Å². The van der Waals surface area contributed by atoms with Crippen LogP contribution in [0.15, 0.2) is 24.3 Å². The highest BCUT2D eigenvalue weighted by atomic mass is 35.5. The molecule has 21 heavy (non-hydrogen) atoms. The van der Waals surface area contributed by atoms with Crippen LogP contribution < -0.4 is 4.90 Å². The van der Waals surface area contributed by atoms with Crippen LogP contribution in [0.5, 0.6) is 0 Å². The molecule has 5 heteroatoms. The molecule has 0 aromatic heterocycles. The van der Waals surface area contributed by atoms with Gasteiger partial charge in [0.15, 0.2) is 0 Å². The van der Waals surface area contributed by atoms with Gasteiger partial charge in [0.1, 0.15) is 0 Å². The highest BCUT2D eigenvalue weighted by Gasteiger charge is 2.27. The van der Waals surface area contributed by atoms with Crippen molar-refractivity contribution in [3.8, 4) is 0 Å². The lowest BCUT2D eigenvalue weighted by atomic mass is 10.1. The highest BCUT2D eigenvalue weighted by molar-refractivity contribution is 6.33. The molecule has 0 radical (unpaired) electrons. The van der Waals surface area contributed by atoms with Crippen molar-refractivity contribution < 1.29 is 9.90 Å². The first kappa shape index (κ1) is 15.9. The van der Waals surface area contributed by atoms with E-state index in [-0.39, 0.29) is 0 Å². The molecule has 4 nitrogen and oxygen atoms in total. The fourth-order valence-electron chi connectivity index (χ4n) is 2.87. The number of carbonyl (C=O) groups is 1. The Morgan fingerprint density at radius 1 is 1.52 bits per heavy atom. The number of benzene rings is 1.